The molecule has 0 aliphatic heterocycles. The van der Waals surface area contributed by atoms with Gasteiger partial charge in [-0.05, 0) is 24.6 Å². The number of aromatic nitrogens is 2. The van der Waals surface area contributed by atoms with Gasteiger partial charge in [-0.25, -0.2) is 13.1 Å². The minimum Gasteiger partial charge on any atom is -0.545 e. The van der Waals surface area contributed by atoms with Gasteiger partial charge in [-0.1, -0.05) is 12.1 Å². The summed E-state index contributed by atoms with van der Waals surface area (Å²) in [5, 5.41) is 14.8. The van der Waals surface area contributed by atoms with E-state index in [1.54, 1.807) is 13.0 Å². The fourth-order valence-electron chi connectivity index (χ4n) is 1.70. The zero-order valence-corrected chi connectivity index (χ0v) is 12.6. The molecule has 21 heavy (non-hydrogen) atoms. The van der Waals surface area contributed by atoms with Crippen molar-refractivity contribution in [1.29, 1.82) is 0 Å². The minimum atomic E-state index is -3.43. The third kappa shape index (κ3) is 4.36. The molecule has 7 nitrogen and oxygen atoms in total. The zero-order chi connectivity index (χ0) is 14.9. The topological polar surface area (TPSA) is 104 Å². The molecule has 1 heterocycles. The van der Waals surface area contributed by atoms with Crippen molar-refractivity contribution >= 4 is 21.8 Å². The number of carbonyl (C=O) groups is 1. The first-order valence-corrected chi connectivity index (χ1v) is 7.51. The first kappa shape index (κ1) is 17.3. The van der Waals surface area contributed by atoms with Crippen molar-refractivity contribution in [2.45, 2.75) is 6.92 Å². The number of carboxylic acid groups (broad SMARTS) is 1. The molecule has 0 saturated heterocycles. The van der Waals surface area contributed by atoms with Crippen molar-refractivity contribution < 1.29 is 37.2 Å². The molecule has 106 valence electrons. The second-order valence-corrected chi connectivity index (χ2v) is 6.04. The van der Waals surface area contributed by atoms with E-state index in [4.69, 9.17) is 0 Å². The van der Waals surface area contributed by atoms with Crippen LogP contribution in [0.1, 0.15) is 16.1 Å². The fourth-order valence-corrected chi connectivity index (χ4v) is 2.22. The van der Waals surface area contributed by atoms with Crippen molar-refractivity contribution in [3.05, 3.63) is 41.6 Å². The van der Waals surface area contributed by atoms with Crippen molar-refractivity contribution in [3.63, 3.8) is 0 Å². The van der Waals surface area contributed by atoms with Gasteiger partial charge in [-0.3, -0.25) is 4.72 Å². The first-order valence-electron chi connectivity index (χ1n) is 5.62. The summed E-state index contributed by atoms with van der Waals surface area (Å²) in [5.74, 6) is -0.992. The maximum Gasteiger partial charge on any atom is 1.00 e. The fraction of sp³-hybridized carbons (Fsp3) is 0.167. The Balaban J connectivity index is 0.00000220. The minimum absolute atomic E-state index is 0. The summed E-state index contributed by atoms with van der Waals surface area (Å²) in [6, 6.07) is 7.35. The van der Waals surface area contributed by atoms with Crippen LogP contribution in [0.4, 0.5) is 5.82 Å². The number of nitrogens with one attached hydrogen (secondary N) is 1. The second kappa shape index (κ2) is 6.35. The number of nitrogens with zero attached hydrogens (tertiary/aromatic N) is 2. The number of sulfonamides is 1. The zero-order valence-electron chi connectivity index (χ0n) is 11.8. The standard InChI is InChI=1S/C12H13N3O4S.Li/c1-8-7-11(14-20(2,18)19)15(13-8)10-5-3-9(4-6-10)12(16)17;/h3-7,14H,1-2H3,(H,16,17);/q;+1/p-1. The molecule has 2 rings (SSSR count). The predicted octanol–water partition coefficient (Wildman–Crippen LogP) is -3.08. The van der Waals surface area contributed by atoms with Crippen LogP contribution in [-0.4, -0.2) is 30.4 Å². The van der Waals surface area contributed by atoms with Crippen molar-refractivity contribution in [2.75, 3.05) is 11.0 Å². The molecular formula is C12H12LiN3O4S. The van der Waals surface area contributed by atoms with Crippen LogP contribution in [0.15, 0.2) is 30.3 Å². The maximum absolute atomic E-state index is 11.3. The van der Waals surface area contributed by atoms with Crippen LogP contribution >= 0.6 is 0 Å². The van der Waals surface area contributed by atoms with Gasteiger partial charge < -0.3 is 9.90 Å². The van der Waals surface area contributed by atoms with Crippen molar-refractivity contribution in [1.82, 2.24) is 9.78 Å². The molecule has 0 atom stereocenters. The Bertz CT molecular complexity index is 753. The summed E-state index contributed by atoms with van der Waals surface area (Å²) in [4.78, 5) is 10.7. The van der Waals surface area contributed by atoms with Crippen molar-refractivity contribution in [2.24, 2.45) is 0 Å². The van der Waals surface area contributed by atoms with Crippen LogP contribution in [0.2, 0.25) is 0 Å². The molecule has 0 aliphatic rings. The molecule has 1 aromatic carbocycles. The first-order chi connectivity index (χ1) is 9.26. The number of hydrogen-bond acceptors (Lipinski definition) is 5. The Morgan fingerprint density at radius 2 is 1.86 bits per heavy atom. The average molecular weight is 301 g/mol. The van der Waals surface area contributed by atoms with Crippen LogP contribution in [-0.2, 0) is 10.0 Å². The largest absolute Gasteiger partial charge is 1.00 e. The molecule has 0 aliphatic carbocycles. The second-order valence-electron chi connectivity index (χ2n) is 4.29. The number of aromatic carboxylic acids is 1. The van der Waals surface area contributed by atoms with E-state index in [0.717, 1.165) is 6.26 Å². The summed E-state index contributed by atoms with van der Waals surface area (Å²) in [7, 11) is -3.43. The summed E-state index contributed by atoms with van der Waals surface area (Å²) in [6.45, 7) is 1.72. The molecule has 0 bridgehead atoms. The molecule has 0 spiro atoms. The number of benzene rings is 1. The van der Waals surface area contributed by atoms with Gasteiger partial charge in [-0.2, -0.15) is 5.10 Å². The van der Waals surface area contributed by atoms with Crippen LogP contribution < -0.4 is 28.7 Å². The van der Waals surface area contributed by atoms with E-state index >= 15 is 0 Å². The normalized spacial score (nSPS) is 10.8. The molecule has 1 N–H and O–H groups in total. The summed E-state index contributed by atoms with van der Waals surface area (Å²) in [6.07, 6.45) is 1.04. The van der Waals surface area contributed by atoms with E-state index in [2.05, 4.69) is 9.82 Å². The van der Waals surface area contributed by atoms with E-state index in [0.29, 0.717) is 11.4 Å². The molecule has 0 saturated carbocycles. The molecule has 0 unspecified atom stereocenters. The average Bonchev–Trinajstić information content (AvgIpc) is 2.68. The molecule has 1 aromatic heterocycles. The Labute approximate surface area is 134 Å². The SMILES string of the molecule is Cc1cc(NS(C)(=O)=O)n(-c2ccc(C(=O)[O-])cc2)n1.[Li+]. The Morgan fingerprint density at radius 1 is 1.29 bits per heavy atom. The Morgan fingerprint density at radius 3 is 2.33 bits per heavy atom. The number of anilines is 1. The number of rotatable bonds is 4. The van der Waals surface area contributed by atoms with Crippen LogP contribution in [0.3, 0.4) is 0 Å². The van der Waals surface area contributed by atoms with Crippen LogP contribution in [0.5, 0.6) is 0 Å². The molecular weight excluding hydrogens is 289 g/mol. The van der Waals surface area contributed by atoms with Gasteiger partial charge in [0.1, 0.15) is 5.82 Å². The van der Waals surface area contributed by atoms with E-state index < -0.39 is 16.0 Å². The van der Waals surface area contributed by atoms with E-state index in [1.165, 1.54) is 28.9 Å². The summed E-state index contributed by atoms with van der Waals surface area (Å²) < 4.78 is 26.3. The van der Waals surface area contributed by atoms with Gasteiger partial charge in [0.25, 0.3) is 0 Å². The maximum atomic E-state index is 11.3. The molecule has 9 heteroatoms. The summed E-state index contributed by atoms with van der Waals surface area (Å²) in [5.41, 5.74) is 1.20. The molecule has 0 fully saturated rings. The van der Waals surface area contributed by atoms with E-state index in [1.807, 2.05) is 0 Å². The quantitative estimate of drug-likeness (QED) is 0.603. The van der Waals surface area contributed by atoms with Gasteiger partial charge in [0, 0.05) is 6.07 Å². The van der Waals surface area contributed by atoms with Gasteiger partial charge in [0.2, 0.25) is 10.0 Å². The number of hydrogen-bond donors (Lipinski definition) is 1. The van der Waals surface area contributed by atoms with E-state index in [9.17, 15) is 18.3 Å². The number of carbonyl (C=O) groups excluding carboxylic acids is 1. The molecule has 2 aromatic rings. The third-order valence-electron chi connectivity index (χ3n) is 2.47. The van der Waals surface area contributed by atoms with Crippen molar-refractivity contribution in [3.8, 4) is 5.69 Å². The smallest absolute Gasteiger partial charge is 0.545 e. The number of aryl methyl sites for hydroxylation is 1. The van der Waals surface area contributed by atoms with E-state index in [-0.39, 0.29) is 30.2 Å². The Hall–Kier alpha value is -1.75. The summed E-state index contributed by atoms with van der Waals surface area (Å²) >= 11 is 0. The van der Waals surface area contributed by atoms with Gasteiger partial charge in [0.05, 0.1) is 23.6 Å². The Kier molecular flexibility index (Phi) is 5.23. The third-order valence-corrected chi connectivity index (χ3v) is 3.05. The van der Waals surface area contributed by atoms with Crippen LogP contribution in [0, 0.1) is 6.92 Å². The monoisotopic (exact) mass is 301 g/mol. The molecule has 0 radical (unpaired) electrons. The predicted molar refractivity (Wildman–Crippen MR) is 71.1 cm³/mol. The van der Waals surface area contributed by atoms with Gasteiger partial charge in [0.15, 0.2) is 0 Å². The van der Waals surface area contributed by atoms with Gasteiger partial charge >= 0.3 is 18.9 Å². The number of carboxylic acids is 1. The van der Waals surface area contributed by atoms with Gasteiger partial charge in [-0.15, -0.1) is 0 Å². The van der Waals surface area contributed by atoms with Crippen LogP contribution in [0.25, 0.3) is 5.69 Å². The molecule has 0 amide bonds.